The summed E-state index contributed by atoms with van der Waals surface area (Å²) < 4.78 is 10.5. The van der Waals surface area contributed by atoms with Gasteiger partial charge in [0, 0.05) is 11.4 Å². The molecule has 0 fully saturated rings. The maximum atomic E-state index is 13.0. The van der Waals surface area contributed by atoms with Gasteiger partial charge in [-0.2, -0.15) is 0 Å². The van der Waals surface area contributed by atoms with E-state index < -0.39 is 11.8 Å². The number of hydrogen-bond acceptors (Lipinski definition) is 6. The zero-order valence-electron chi connectivity index (χ0n) is 19.7. The van der Waals surface area contributed by atoms with Crippen LogP contribution < -0.4 is 25.0 Å². The zero-order chi connectivity index (χ0) is 25.7. The standard InChI is InChI=1S/C27H24ClN3O5/c1-3-36-22-14-10-20(11-15-22)31-26(33)24(28)25(27(31)34)30-19-6-4-17(5-7-19)16-23(32)29-18-8-12-21(35-2)13-9-18/h4-15,30H,3,16H2,1-2H3,(H,29,32). The molecule has 36 heavy (non-hydrogen) atoms. The van der Waals surface area contributed by atoms with Gasteiger partial charge in [0.1, 0.15) is 22.2 Å². The minimum Gasteiger partial charge on any atom is -0.497 e. The lowest BCUT2D eigenvalue weighted by Gasteiger charge is -2.15. The molecule has 0 atom stereocenters. The quantitative estimate of drug-likeness (QED) is 0.409. The molecule has 0 spiro atoms. The maximum absolute atomic E-state index is 13.0. The molecule has 3 aromatic carbocycles. The summed E-state index contributed by atoms with van der Waals surface area (Å²) in [5.74, 6) is -0.00156. The van der Waals surface area contributed by atoms with Gasteiger partial charge in [0.05, 0.1) is 25.8 Å². The summed E-state index contributed by atoms with van der Waals surface area (Å²) in [6, 6.07) is 20.6. The Hall–Kier alpha value is -4.30. The van der Waals surface area contributed by atoms with E-state index in [1.165, 1.54) is 0 Å². The van der Waals surface area contributed by atoms with Crippen molar-refractivity contribution in [1.29, 1.82) is 0 Å². The first kappa shape index (κ1) is 24.8. The number of halogens is 1. The maximum Gasteiger partial charge on any atom is 0.283 e. The molecule has 0 bridgehead atoms. The van der Waals surface area contributed by atoms with Gasteiger partial charge >= 0.3 is 0 Å². The van der Waals surface area contributed by atoms with E-state index in [0.29, 0.717) is 35.2 Å². The monoisotopic (exact) mass is 505 g/mol. The van der Waals surface area contributed by atoms with Gasteiger partial charge in [0.15, 0.2) is 0 Å². The molecule has 0 unspecified atom stereocenters. The van der Waals surface area contributed by atoms with Gasteiger partial charge in [-0.05, 0) is 73.2 Å². The van der Waals surface area contributed by atoms with Crippen molar-refractivity contribution in [2.75, 3.05) is 29.3 Å². The predicted molar refractivity (Wildman–Crippen MR) is 138 cm³/mol. The molecule has 1 aliphatic heterocycles. The van der Waals surface area contributed by atoms with E-state index >= 15 is 0 Å². The summed E-state index contributed by atoms with van der Waals surface area (Å²) >= 11 is 6.21. The van der Waals surface area contributed by atoms with Crippen LogP contribution in [0.15, 0.2) is 83.5 Å². The molecular weight excluding hydrogens is 482 g/mol. The van der Waals surface area contributed by atoms with E-state index in [0.717, 1.165) is 10.5 Å². The summed E-state index contributed by atoms with van der Waals surface area (Å²) in [4.78, 5) is 39.0. The van der Waals surface area contributed by atoms with Crippen LogP contribution >= 0.6 is 11.6 Å². The van der Waals surface area contributed by atoms with Crippen LogP contribution in [0, 0.1) is 0 Å². The van der Waals surface area contributed by atoms with Crippen LogP contribution in [0.4, 0.5) is 17.1 Å². The number of nitrogens with zero attached hydrogens (tertiary/aromatic N) is 1. The Labute approximate surface area is 213 Å². The third-order valence-corrected chi connectivity index (χ3v) is 5.75. The highest BCUT2D eigenvalue weighted by atomic mass is 35.5. The fraction of sp³-hybridized carbons (Fsp3) is 0.148. The van der Waals surface area contributed by atoms with Crippen molar-refractivity contribution < 1.29 is 23.9 Å². The molecule has 4 rings (SSSR count). The van der Waals surface area contributed by atoms with Crippen molar-refractivity contribution in [2.24, 2.45) is 0 Å². The van der Waals surface area contributed by atoms with Crippen LogP contribution in [0.2, 0.25) is 0 Å². The molecule has 9 heteroatoms. The van der Waals surface area contributed by atoms with E-state index in [1.54, 1.807) is 79.9 Å². The number of hydrogen-bond donors (Lipinski definition) is 2. The predicted octanol–water partition coefficient (Wildman–Crippen LogP) is 4.71. The lowest BCUT2D eigenvalue weighted by molar-refractivity contribution is -0.120. The number of amides is 3. The molecule has 3 amide bonds. The molecule has 0 aliphatic carbocycles. The van der Waals surface area contributed by atoms with Crippen LogP contribution in [-0.4, -0.2) is 31.4 Å². The first-order valence-corrected chi connectivity index (χ1v) is 11.6. The van der Waals surface area contributed by atoms with Gasteiger partial charge in [-0.15, -0.1) is 0 Å². The number of nitrogens with one attached hydrogen (secondary N) is 2. The van der Waals surface area contributed by atoms with Gasteiger partial charge < -0.3 is 20.1 Å². The third kappa shape index (κ3) is 5.50. The fourth-order valence-electron chi connectivity index (χ4n) is 3.62. The Morgan fingerprint density at radius 1 is 0.861 bits per heavy atom. The van der Waals surface area contributed by atoms with Crippen LogP contribution in [0.5, 0.6) is 11.5 Å². The van der Waals surface area contributed by atoms with Gasteiger partial charge in [0.2, 0.25) is 5.91 Å². The van der Waals surface area contributed by atoms with E-state index in [-0.39, 0.29) is 23.1 Å². The molecule has 0 saturated heterocycles. The van der Waals surface area contributed by atoms with Crippen LogP contribution in [0.3, 0.4) is 0 Å². The van der Waals surface area contributed by atoms with E-state index in [2.05, 4.69) is 10.6 Å². The van der Waals surface area contributed by atoms with Crippen LogP contribution in [-0.2, 0) is 20.8 Å². The number of rotatable bonds is 9. The largest absolute Gasteiger partial charge is 0.497 e. The summed E-state index contributed by atoms with van der Waals surface area (Å²) in [6.45, 7) is 2.38. The molecule has 1 heterocycles. The number of imide groups is 1. The van der Waals surface area contributed by atoms with Crippen molar-refractivity contribution in [3.8, 4) is 11.5 Å². The Morgan fingerprint density at radius 2 is 1.47 bits per heavy atom. The highest BCUT2D eigenvalue weighted by molar-refractivity contribution is 6.53. The minimum atomic E-state index is -0.611. The number of benzene rings is 3. The van der Waals surface area contributed by atoms with Gasteiger partial charge in [-0.1, -0.05) is 23.7 Å². The molecule has 2 N–H and O–H groups in total. The molecule has 1 aliphatic rings. The first-order valence-electron chi connectivity index (χ1n) is 11.2. The van der Waals surface area contributed by atoms with E-state index in [4.69, 9.17) is 21.1 Å². The number of ether oxygens (including phenoxy) is 2. The minimum absolute atomic E-state index is 0.0134. The number of carbonyl (C=O) groups excluding carboxylic acids is 3. The van der Waals surface area contributed by atoms with Crippen molar-refractivity contribution in [3.63, 3.8) is 0 Å². The Bertz CT molecular complexity index is 1300. The van der Waals surface area contributed by atoms with E-state index in [1.807, 2.05) is 6.92 Å². The normalized spacial score (nSPS) is 13.1. The average Bonchev–Trinajstić information content (AvgIpc) is 3.09. The second-order valence-corrected chi connectivity index (χ2v) is 8.21. The fourth-order valence-corrected chi connectivity index (χ4v) is 3.83. The summed E-state index contributed by atoms with van der Waals surface area (Å²) in [5, 5.41) is 5.57. The highest BCUT2D eigenvalue weighted by Gasteiger charge is 2.38. The summed E-state index contributed by atoms with van der Waals surface area (Å²) in [7, 11) is 1.58. The highest BCUT2D eigenvalue weighted by Crippen LogP contribution is 2.31. The molecule has 0 saturated carbocycles. The van der Waals surface area contributed by atoms with Crippen molar-refractivity contribution >= 4 is 46.4 Å². The zero-order valence-corrected chi connectivity index (χ0v) is 20.5. The number of carbonyl (C=O) groups is 3. The molecule has 184 valence electrons. The molecule has 0 aromatic heterocycles. The Balaban J connectivity index is 1.39. The Kier molecular flexibility index (Phi) is 7.56. The smallest absolute Gasteiger partial charge is 0.283 e. The van der Waals surface area contributed by atoms with Crippen molar-refractivity contribution in [1.82, 2.24) is 0 Å². The number of methoxy groups -OCH3 is 1. The lowest BCUT2D eigenvalue weighted by Crippen LogP contribution is -2.32. The second kappa shape index (κ2) is 11.0. The van der Waals surface area contributed by atoms with Gasteiger partial charge in [0.25, 0.3) is 11.8 Å². The molecule has 0 radical (unpaired) electrons. The average molecular weight is 506 g/mol. The van der Waals surface area contributed by atoms with E-state index in [9.17, 15) is 14.4 Å². The SMILES string of the molecule is CCOc1ccc(N2C(=O)C(Cl)=C(Nc3ccc(CC(=O)Nc4ccc(OC)cc4)cc3)C2=O)cc1. The summed E-state index contributed by atoms with van der Waals surface area (Å²) in [5.41, 5.74) is 2.37. The van der Waals surface area contributed by atoms with Crippen molar-refractivity contribution in [2.45, 2.75) is 13.3 Å². The molecular formula is C27H24ClN3O5. The van der Waals surface area contributed by atoms with Crippen LogP contribution in [0.25, 0.3) is 0 Å². The lowest BCUT2D eigenvalue weighted by atomic mass is 10.1. The topological polar surface area (TPSA) is 97.0 Å². The van der Waals surface area contributed by atoms with Gasteiger partial charge in [-0.3, -0.25) is 14.4 Å². The van der Waals surface area contributed by atoms with Crippen LogP contribution in [0.1, 0.15) is 12.5 Å². The Morgan fingerprint density at radius 3 is 2.08 bits per heavy atom. The summed E-state index contributed by atoms with van der Waals surface area (Å²) in [6.07, 6.45) is 0.165. The molecule has 3 aromatic rings. The van der Waals surface area contributed by atoms with Crippen molar-refractivity contribution in [3.05, 3.63) is 89.1 Å². The third-order valence-electron chi connectivity index (χ3n) is 5.39. The molecule has 8 nitrogen and oxygen atoms in total. The number of anilines is 3. The first-order chi connectivity index (χ1) is 17.4. The van der Waals surface area contributed by atoms with Gasteiger partial charge in [-0.25, -0.2) is 4.90 Å². The second-order valence-electron chi connectivity index (χ2n) is 7.84.